The molecule has 4 nitrogen and oxygen atoms in total. The second kappa shape index (κ2) is 5.81. The van der Waals surface area contributed by atoms with Gasteiger partial charge in [-0.1, -0.05) is 18.5 Å². The number of benzene rings is 1. The van der Waals surface area contributed by atoms with Crippen molar-refractivity contribution in [2.75, 3.05) is 13.2 Å². The monoisotopic (exact) mass is 368 g/mol. The van der Waals surface area contributed by atoms with Crippen LogP contribution in [0.15, 0.2) is 16.6 Å². The van der Waals surface area contributed by atoms with Crippen molar-refractivity contribution >= 4 is 27.5 Å². The predicted molar refractivity (Wildman–Crippen MR) is 85.3 cm³/mol. The van der Waals surface area contributed by atoms with Crippen LogP contribution in [0.5, 0.6) is 11.5 Å². The Labute approximate surface area is 136 Å². The van der Waals surface area contributed by atoms with E-state index in [1.807, 2.05) is 26.0 Å². The minimum absolute atomic E-state index is 0.506. The highest BCUT2D eigenvalue weighted by atomic mass is 79.9. The van der Waals surface area contributed by atoms with Crippen LogP contribution in [-0.2, 0) is 6.42 Å². The van der Waals surface area contributed by atoms with Gasteiger partial charge in [0.1, 0.15) is 18.4 Å². The highest BCUT2D eigenvalue weighted by molar-refractivity contribution is 9.10. The molecule has 0 aliphatic carbocycles. The van der Waals surface area contributed by atoms with Crippen LogP contribution in [0.1, 0.15) is 18.2 Å². The molecule has 0 radical (unpaired) electrons. The minimum Gasteiger partial charge on any atom is -0.486 e. The van der Waals surface area contributed by atoms with Crippen molar-refractivity contribution < 1.29 is 9.47 Å². The quantitative estimate of drug-likeness (QED) is 0.744. The maximum Gasteiger partial charge on any atom is 0.175 e. The first kappa shape index (κ1) is 14.6. The van der Waals surface area contributed by atoms with Crippen LogP contribution >= 0.6 is 27.5 Å². The van der Waals surface area contributed by atoms with Gasteiger partial charge in [-0.3, -0.25) is 0 Å². The Balaban J connectivity index is 2.11. The zero-order valence-electron chi connectivity index (χ0n) is 11.7. The molecular weight excluding hydrogens is 356 g/mol. The first-order chi connectivity index (χ1) is 10.1. The van der Waals surface area contributed by atoms with Crippen LogP contribution in [0.25, 0.3) is 11.4 Å². The third-order valence-electron chi connectivity index (χ3n) is 3.37. The van der Waals surface area contributed by atoms with Gasteiger partial charge in [0.2, 0.25) is 0 Å². The molecule has 0 amide bonds. The molecular formula is C15H14BrClN2O2. The van der Waals surface area contributed by atoms with Gasteiger partial charge in [-0.25, -0.2) is 9.97 Å². The molecule has 21 heavy (non-hydrogen) atoms. The fraction of sp³-hybridized carbons (Fsp3) is 0.333. The van der Waals surface area contributed by atoms with Gasteiger partial charge in [-0.15, -0.1) is 0 Å². The summed E-state index contributed by atoms with van der Waals surface area (Å²) >= 11 is 9.75. The Morgan fingerprint density at radius 2 is 2.00 bits per heavy atom. The van der Waals surface area contributed by atoms with Gasteiger partial charge in [0.25, 0.3) is 0 Å². The molecule has 3 rings (SSSR count). The van der Waals surface area contributed by atoms with Gasteiger partial charge in [-0.05, 0) is 41.4 Å². The van der Waals surface area contributed by atoms with Crippen molar-refractivity contribution in [3.63, 3.8) is 0 Å². The Hall–Kier alpha value is -1.33. The lowest BCUT2D eigenvalue weighted by Crippen LogP contribution is -2.15. The molecule has 0 unspecified atom stereocenters. The van der Waals surface area contributed by atoms with Gasteiger partial charge < -0.3 is 9.47 Å². The molecule has 0 spiro atoms. The van der Waals surface area contributed by atoms with E-state index < -0.39 is 0 Å². The largest absolute Gasteiger partial charge is 0.486 e. The Kier molecular flexibility index (Phi) is 4.04. The van der Waals surface area contributed by atoms with Crippen molar-refractivity contribution in [3.05, 3.63) is 33.0 Å². The summed E-state index contributed by atoms with van der Waals surface area (Å²) < 4.78 is 12.0. The van der Waals surface area contributed by atoms with Crippen molar-refractivity contribution in [2.24, 2.45) is 0 Å². The molecule has 0 N–H and O–H groups in total. The van der Waals surface area contributed by atoms with Gasteiger partial charge in [0, 0.05) is 16.8 Å². The van der Waals surface area contributed by atoms with Crippen LogP contribution in [0.3, 0.4) is 0 Å². The first-order valence-corrected chi connectivity index (χ1v) is 7.89. The van der Waals surface area contributed by atoms with E-state index in [1.165, 1.54) is 0 Å². The molecule has 0 saturated carbocycles. The smallest absolute Gasteiger partial charge is 0.175 e. The fourth-order valence-corrected chi connectivity index (χ4v) is 3.24. The van der Waals surface area contributed by atoms with E-state index in [1.54, 1.807) is 0 Å². The van der Waals surface area contributed by atoms with E-state index in [-0.39, 0.29) is 0 Å². The van der Waals surface area contributed by atoms with E-state index in [0.717, 1.165) is 33.5 Å². The van der Waals surface area contributed by atoms with E-state index in [4.69, 9.17) is 21.1 Å². The second-order valence-electron chi connectivity index (χ2n) is 4.74. The van der Waals surface area contributed by atoms with Crippen molar-refractivity contribution in [2.45, 2.75) is 20.3 Å². The number of halogens is 2. The van der Waals surface area contributed by atoms with Crippen LogP contribution in [-0.4, -0.2) is 23.2 Å². The number of aryl methyl sites for hydroxylation is 1. The van der Waals surface area contributed by atoms with Crippen LogP contribution in [0.4, 0.5) is 0 Å². The average molecular weight is 370 g/mol. The predicted octanol–water partition coefficient (Wildman–Crippen LogP) is 4.20. The zero-order valence-corrected chi connectivity index (χ0v) is 14.1. The molecule has 6 heteroatoms. The van der Waals surface area contributed by atoms with Crippen LogP contribution in [0, 0.1) is 6.92 Å². The fourth-order valence-electron chi connectivity index (χ4n) is 2.33. The lowest BCUT2D eigenvalue weighted by Gasteiger charge is -2.20. The molecule has 1 aromatic heterocycles. The van der Waals surface area contributed by atoms with Crippen LogP contribution < -0.4 is 9.47 Å². The third kappa shape index (κ3) is 2.72. The minimum atomic E-state index is 0.506. The second-order valence-corrected chi connectivity index (χ2v) is 5.95. The molecule has 2 heterocycles. The molecule has 0 atom stereocenters. The highest BCUT2D eigenvalue weighted by Gasteiger charge is 2.19. The summed E-state index contributed by atoms with van der Waals surface area (Å²) in [6, 6.07) is 3.81. The average Bonchev–Trinajstić information content (AvgIpc) is 2.47. The summed E-state index contributed by atoms with van der Waals surface area (Å²) in [5.41, 5.74) is 2.73. The summed E-state index contributed by atoms with van der Waals surface area (Å²) in [7, 11) is 0. The summed E-state index contributed by atoms with van der Waals surface area (Å²) in [6.45, 7) is 5.08. The Morgan fingerprint density at radius 1 is 1.24 bits per heavy atom. The standard InChI is InChI=1S/C15H14BrClN2O2/c1-3-10-8(2)18-15(19-14(10)17)9-6-11(16)13-12(7-9)20-4-5-21-13/h6-7H,3-5H2,1-2H3. The van der Waals surface area contributed by atoms with Crippen molar-refractivity contribution in [3.8, 4) is 22.9 Å². The maximum atomic E-state index is 6.25. The van der Waals surface area contributed by atoms with Gasteiger partial charge in [0.15, 0.2) is 17.3 Å². The molecule has 0 bridgehead atoms. The number of hydrogen-bond acceptors (Lipinski definition) is 4. The number of hydrogen-bond donors (Lipinski definition) is 0. The zero-order chi connectivity index (χ0) is 15.0. The lowest BCUT2D eigenvalue weighted by molar-refractivity contribution is 0.170. The van der Waals surface area contributed by atoms with Crippen LogP contribution in [0.2, 0.25) is 5.15 Å². The molecule has 0 saturated heterocycles. The van der Waals surface area contributed by atoms with E-state index in [2.05, 4.69) is 25.9 Å². The number of ether oxygens (including phenoxy) is 2. The van der Waals surface area contributed by atoms with E-state index in [0.29, 0.717) is 29.9 Å². The normalized spacial score (nSPS) is 13.3. The number of fused-ring (bicyclic) bond motifs is 1. The van der Waals surface area contributed by atoms with Gasteiger partial charge >= 0.3 is 0 Å². The highest BCUT2D eigenvalue weighted by Crippen LogP contribution is 2.40. The molecule has 0 fully saturated rings. The lowest BCUT2D eigenvalue weighted by atomic mass is 10.1. The molecule has 1 aliphatic rings. The summed E-state index contributed by atoms with van der Waals surface area (Å²) in [6.07, 6.45) is 0.815. The number of nitrogens with zero attached hydrogens (tertiary/aromatic N) is 2. The third-order valence-corrected chi connectivity index (χ3v) is 4.27. The maximum absolute atomic E-state index is 6.25. The molecule has 1 aromatic carbocycles. The van der Waals surface area contributed by atoms with Gasteiger partial charge in [0.05, 0.1) is 4.47 Å². The summed E-state index contributed by atoms with van der Waals surface area (Å²) in [5, 5.41) is 0.506. The molecule has 1 aliphatic heterocycles. The number of rotatable bonds is 2. The van der Waals surface area contributed by atoms with Crippen molar-refractivity contribution in [1.29, 1.82) is 0 Å². The summed E-state index contributed by atoms with van der Waals surface area (Å²) in [4.78, 5) is 8.95. The van der Waals surface area contributed by atoms with E-state index in [9.17, 15) is 0 Å². The Bertz CT molecular complexity index is 683. The molecule has 110 valence electrons. The molecule has 2 aromatic rings. The van der Waals surface area contributed by atoms with Gasteiger partial charge in [-0.2, -0.15) is 0 Å². The van der Waals surface area contributed by atoms with Crippen molar-refractivity contribution in [1.82, 2.24) is 9.97 Å². The number of aromatic nitrogens is 2. The first-order valence-electron chi connectivity index (χ1n) is 6.72. The summed E-state index contributed by atoms with van der Waals surface area (Å²) in [5.74, 6) is 2.01. The SMILES string of the molecule is CCc1c(C)nc(-c2cc(Br)c3c(c2)OCCO3)nc1Cl. The Morgan fingerprint density at radius 3 is 2.71 bits per heavy atom. The van der Waals surface area contributed by atoms with E-state index >= 15 is 0 Å². The topological polar surface area (TPSA) is 44.2 Å².